The zero-order valence-corrected chi connectivity index (χ0v) is 13.6. The number of hydrogen-bond acceptors (Lipinski definition) is 4. The van der Waals surface area contributed by atoms with Crippen molar-refractivity contribution >= 4 is 33.5 Å². The van der Waals surface area contributed by atoms with Crippen LogP contribution in [-0.4, -0.2) is 43.3 Å². The van der Waals surface area contributed by atoms with Crippen LogP contribution in [0.4, 0.5) is 0 Å². The minimum atomic E-state index is 0.823. The van der Waals surface area contributed by atoms with Crippen molar-refractivity contribution in [2.45, 2.75) is 6.54 Å². The van der Waals surface area contributed by atoms with Crippen molar-refractivity contribution in [2.24, 2.45) is 0 Å². The number of nitrogens with zero attached hydrogens (tertiary/aromatic N) is 2. The van der Waals surface area contributed by atoms with E-state index in [1.165, 1.54) is 10.9 Å². The van der Waals surface area contributed by atoms with Gasteiger partial charge in [-0.1, -0.05) is 6.07 Å². The molecule has 1 saturated heterocycles. The second-order valence-corrected chi connectivity index (χ2v) is 6.00. The number of benzene rings is 1. The highest BCUT2D eigenvalue weighted by Gasteiger charge is 2.16. The standard InChI is InChI=1S/C15H17IN2O2/c1-19-15-13(16)9-11(10-18-5-7-20-8-6-18)12-3-2-4-17-14(12)15/h2-4,9H,5-8,10H2,1H3. The molecule has 0 aliphatic carbocycles. The monoisotopic (exact) mass is 384 g/mol. The fourth-order valence-corrected chi connectivity index (χ4v) is 3.43. The summed E-state index contributed by atoms with van der Waals surface area (Å²) in [7, 11) is 1.70. The SMILES string of the molecule is COc1c(I)cc(CN2CCOCC2)c2cccnc12. The number of methoxy groups -OCH3 is 1. The van der Waals surface area contributed by atoms with Crippen molar-refractivity contribution in [3.8, 4) is 5.75 Å². The van der Waals surface area contributed by atoms with E-state index in [4.69, 9.17) is 9.47 Å². The third-order valence-electron chi connectivity index (χ3n) is 3.59. The van der Waals surface area contributed by atoms with Crippen molar-refractivity contribution in [1.82, 2.24) is 9.88 Å². The van der Waals surface area contributed by atoms with Gasteiger partial charge in [0.15, 0.2) is 5.75 Å². The Balaban J connectivity index is 2.01. The van der Waals surface area contributed by atoms with E-state index < -0.39 is 0 Å². The Labute approximate surface area is 132 Å². The zero-order valence-electron chi connectivity index (χ0n) is 11.4. The highest BCUT2D eigenvalue weighted by Crippen LogP contribution is 2.32. The van der Waals surface area contributed by atoms with Gasteiger partial charge in [0.1, 0.15) is 5.52 Å². The number of rotatable bonds is 3. The maximum Gasteiger partial charge on any atom is 0.158 e. The smallest absolute Gasteiger partial charge is 0.158 e. The minimum absolute atomic E-state index is 0.823. The molecule has 5 heteroatoms. The second-order valence-electron chi connectivity index (χ2n) is 4.84. The van der Waals surface area contributed by atoms with Gasteiger partial charge in [0, 0.05) is 31.2 Å². The molecule has 0 spiro atoms. The molecule has 0 bridgehead atoms. The van der Waals surface area contributed by atoms with E-state index in [2.05, 4.69) is 44.6 Å². The molecule has 1 aliphatic heterocycles. The number of aromatic nitrogens is 1. The molecule has 1 fully saturated rings. The fraction of sp³-hybridized carbons (Fsp3) is 0.400. The van der Waals surface area contributed by atoms with Crippen molar-refractivity contribution in [1.29, 1.82) is 0 Å². The highest BCUT2D eigenvalue weighted by molar-refractivity contribution is 14.1. The number of morpholine rings is 1. The van der Waals surface area contributed by atoms with E-state index in [0.717, 1.165) is 47.7 Å². The lowest BCUT2D eigenvalue weighted by Crippen LogP contribution is -2.35. The normalized spacial score (nSPS) is 16.5. The first kappa shape index (κ1) is 14.0. The Bertz CT molecular complexity index is 612. The van der Waals surface area contributed by atoms with Crippen molar-refractivity contribution in [3.05, 3.63) is 33.5 Å². The highest BCUT2D eigenvalue weighted by atomic mass is 127. The Kier molecular flexibility index (Phi) is 4.38. The Hall–Kier alpha value is -0.920. The molecule has 1 aromatic carbocycles. The molecule has 2 heterocycles. The number of halogens is 1. The van der Waals surface area contributed by atoms with Gasteiger partial charge in [0.25, 0.3) is 0 Å². The van der Waals surface area contributed by atoms with E-state index in [9.17, 15) is 0 Å². The average Bonchev–Trinajstić information content (AvgIpc) is 2.49. The second kappa shape index (κ2) is 6.24. The molecule has 0 amide bonds. The largest absolute Gasteiger partial charge is 0.493 e. The summed E-state index contributed by atoms with van der Waals surface area (Å²) in [5.41, 5.74) is 2.25. The molecule has 4 nitrogen and oxygen atoms in total. The van der Waals surface area contributed by atoms with Crippen LogP contribution in [0.3, 0.4) is 0 Å². The number of hydrogen-bond donors (Lipinski definition) is 0. The maximum atomic E-state index is 5.50. The van der Waals surface area contributed by atoms with Gasteiger partial charge in [0.2, 0.25) is 0 Å². The van der Waals surface area contributed by atoms with Gasteiger partial charge in [-0.25, -0.2) is 0 Å². The molecule has 0 N–H and O–H groups in total. The predicted octanol–water partition coefficient (Wildman–Crippen LogP) is 2.68. The van der Waals surface area contributed by atoms with Gasteiger partial charge < -0.3 is 9.47 Å². The van der Waals surface area contributed by atoms with Gasteiger partial charge in [-0.05, 0) is 40.3 Å². The summed E-state index contributed by atoms with van der Waals surface area (Å²) in [4.78, 5) is 6.92. The topological polar surface area (TPSA) is 34.6 Å². The van der Waals surface area contributed by atoms with Gasteiger partial charge in [-0.3, -0.25) is 9.88 Å². The Morgan fingerprint density at radius 1 is 1.40 bits per heavy atom. The lowest BCUT2D eigenvalue weighted by molar-refractivity contribution is 0.0343. The van der Waals surface area contributed by atoms with Crippen LogP contribution in [0.2, 0.25) is 0 Å². The molecule has 0 atom stereocenters. The Morgan fingerprint density at radius 3 is 2.95 bits per heavy atom. The summed E-state index contributed by atoms with van der Waals surface area (Å²) in [5.74, 6) is 0.868. The quantitative estimate of drug-likeness (QED) is 0.763. The lowest BCUT2D eigenvalue weighted by Gasteiger charge is -2.27. The van der Waals surface area contributed by atoms with Gasteiger partial charge in [-0.2, -0.15) is 0 Å². The molecule has 1 aromatic heterocycles. The van der Waals surface area contributed by atoms with Crippen LogP contribution in [0.25, 0.3) is 10.9 Å². The molecule has 0 saturated carbocycles. The first-order chi connectivity index (χ1) is 9.79. The molecule has 2 aromatic rings. The van der Waals surface area contributed by atoms with Crippen molar-refractivity contribution in [2.75, 3.05) is 33.4 Å². The van der Waals surface area contributed by atoms with Crippen molar-refractivity contribution < 1.29 is 9.47 Å². The van der Waals surface area contributed by atoms with E-state index in [1.54, 1.807) is 7.11 Å². The Morgan fingerprint density at radius 2 is 2.20 bits per heavy atom. The molecule has 1 aliphatic rings. The van der Waals surface area contributed by atoms with Crippen LogP contribution in [0.1, 0.15) is 5.56 Å². The number of fused-ring (bicyclic) bond motifs is 1. The number of ether oxygens (including phenoxy) is 2. The number of pyridine rings is 1. The summed E-state index contributed by atoms with van der Waals surface area (Å²) >= 11 is 2.32. The third kappa shape index (κ3) is 2.75. The van der Waals surface area contributed by atoms with E-state index in [1.807, 2.05) is 12.3 Å². The van der Waals surface area contributed by atoms with Gasteiger partial charge in [-0.15, -0.1) is 0 Å². The lowest BCUT2D eigenvalue weighted by atomic mass is 10.1. The minimum Gasteiger partial charge on any atom is -0.493 e. The predicted molar refractivity (Wildman–Crippen MR) is 87.1 cm³/mol. The first-order valence-corrected chi connectivity index (χ1v) is 7.77. The van der Waals surface area contributed by atoms with Crippen LogP contribution in [0.5, 0.6) is 5.75 Å². The zero-order chi connectivity index (χ0) is 13.9. The summed E-state index contributed by atoms with van der Waals surface area (Å²) in [6.07, 6.45) is 1.82. The van der Waals surface area contributed by atoms with Crippen LogP contribution in [0.15, 0.2) is 24.4 Å². The van der Waals surface area contributed by atoms with Crippen LogP contribution in [0, 0.1) is 3.57 Å². The molecule has 3 rings (SSSR count). The fourth-order valence-electron chi connectivity index (χ4n) is 2.58. The van der Waals surface area contributed by atoms with E-state index in [0.29, 0.717) is 0 Å². The van der Waals surface area contributed by atoms with E-state index >= 15 is 0 Å². The van der Waals surface area contributed by atoms with Crippen LogP contribution in [-0.2, 0) is 11.3 Å². The van der Waals surface area contributed by atoms with Crippen LogP contribution < -0.4 is 4.74 Å². The first-order valence-electron chi connectivity index (χ1n) is 6.70. The summed E-state index contributed by atoms with van der Waals surface area (Å²) < 4.78 is 12.0. The molecule has 0 radical (unpaired) electrons. The summed E-state index contributed by atoms with van der Waals surface area (Å²) in [5, 5.41) is 1.18. The molecule has 20 heavy (non-hydrogen) atoms. The average molecular weight is 384 g/mol. The van der Waals surface area contributed by atoms with Crippen molar-refractivity contribution in [3.63, 3.8) is 0 Å². The van der Waals surface area contributed by atoms with Crippen LogP contribution >= 0.6 is 22.6 Å². The third-order valence-corrected chi connectivity index (χ3v) is 4.39. The molecule has 106 valence electrons. The molecular weight excluding hydrogens is 367 g/mol. The molecule has 0 unspecified atom stereocenters. The van der Waals surface area contributed by atoms with E-state index in [-0.39, 0.29) is 0 Å². The van der Waals surface area contributed by atoms with Gasteiger partial charge in [0.05, 0.1) is 23.9 Å². The van der Waals surface area contributed by atoms with Gasteiger partial charge >= 0.3 is 0 Å². The maximum absolute atomic E-state index is 5.50. The molecular formula is C15H17IN2O2. The summed E-state index contributed by atoms with van der Waals surface area (Å²) in [6, 6.07) is 6.31. The summed E-state index contributed by atoms with van der Waals surface area (Å²) in [6.45, 7) is 4.56.